The van der Waals surface area contributed by atoms with Crippen LogP contribution in [0.2, 0.25) is 0 Å². The summed E-state index contributed by atoms with van der Waals surface area (Å²) in [6.07, 6.45) is -3.18. The van der Waals surface area contributed by atoms with Gasteiger partial charge < -0.3 is 5.32 Å². The molecule has 0 spiro atoms. The molecule has 1 aromatic carbocycles. The third-order valence-electron chi connectivity index (χ3n) is 3.35. The molecule has 1 aliphatic rings. The second kappa shape index (κ2) is 6.22. The first-order valence-corrected chi connectivity index (χ1v) is 7.79. The molecular formula is C13H15F4NOS. The Bertz CT molecular complexity index is 494. The summed E-state index contributed by atoms with van der Waals surface area (Å²) < 4.78 is 62.6. The zero-order valence-electron chi connectivity index (χ0n) is 10.7. The van der Waals surface area contributed by atoms with Crippen LogP contribution in [0, 0.1) is 5.82 Å². The molecule has 2 rings (SSSR count). The maximum Gasteiger partial charge on any atom is 0.416 e. The molecule has 0 amide bonds. The van der Waals surface area contributed by atoms with Gasteiger partial charge in [0.25, 0.3) is 0 Å². The Kier molecular flexibility index (Phi) is 4.80. The van der Waals surface area contributed by atoms with Crippen molar-refractivity contribution in [2.24, 2.45) is 0 Å². The molecule has 1 N–H and O–H groups in total. The summed E-state index contributed by atoms with van der Waals surface area (Å²) in [4.78, 5) is 0. The minimum Gasteiger partial charge on any atom is -0.310 e. The van der Waals surface area contributed by atoms with Crippen molar-refractivity contribution in [3.05, 3.63) is 35.1 Å². The second-order valence-electron chi connectivity index (χ2n) is 4.80. The lowest BCUT2D eigenvalue weighted by Crippen LogP contribution is -2.35. The first-order valence-electron chi connectivity index (χ1n) is 6.30. The fourth-order valence-electron chi connectivity index (χ4n) is 2.22. The highest BCUT2D eigenvalue weighted by Gasteiger charge is 2.33. The summed E-state index contributed by atoms with van der Waals surface area (Å²) >= 11 is 0. The third-order valence-corrected chi connectivity index (χ3v) is 4.73. The number of nitrogens with one attached hydrogen (secondary N) is 1. The Hall–Kier alpha value is -0.950. The predicted molar refractivity (Wildman–Crippen MR) is 69.1 cm³/mol. The molecule has 0 unspecified atom stereocenters. The van der Waals surface area contributed by atoms with Crippen LogP contribution in [-0.4, -0.2) is 21.8 Å². The largest absolute Gasteiger partial charge is 0.416 e. The van der Waals surface area contributed by atoms with Crippen LogP contribution in [0.4, 0.5) is 17.6 Å². The van der Waals surface area contributed by atoms with Crippen LogP contribution in [0.25, 0.3) is 0 Å². The van der Waals surface area contributed by atoms with Crippen molar-refractivity contribution in [3.63, 3.8) is 0 Å². The second-order valence-corrected chi connectivity index (χ2v) is 6.50. The van der Waals surface area contributed by atoms with E-state index >= 15 is 0 Å². The van der Waals surface area contributed by atoms with E-state index in [4.69, 9.17) is 0 Å². The van der Waals surface area contributed by atoms with E-state index in [0.29, 0.717) is 30.4 Å². The van der Waals surface area contributed by atoms with Crippen LogP contribution in [0.15, 0.2) is 18.2 Å². The molecule has 2 nitrogen and oxygen atoms in total. The zero-order chi connectivity index (χ0) is 14.8. The summed E-state index contributed by atoms with van der Waals surface area (Å²) in [6, 6.07) is 2.78. The monoisotopic (exact) mass is 309 g/mol. The lowest BCUT2D eigenvalue weighted by Gasteiger charge is -2.23. The highest BCUT2D eigenvalue weighted by molar-refractivity contribution is 7.85. The number of alkyl halides is 3. The van der Waals surface area contributed by atoms with Gasteiger partial charge in [0.1, 0.15) is 5.82 Å². The van der Waals surface area contributed by atoms with Gasteiger partial charge in [0, 0.05) is 34.9 Å². The first-order chi connectivity index (χ1) is 9.36. The Morgan fingerprint density at radius 3 is 2.50 bits per heavy atom. The van der Waals surface area contributed by atoms with Crippen LogP contribution in [0.3, 0.4) is 0 Å². The molecule has 1 heterocycles. The SMILES string of the molecule is O=S1CCC(NCc2ccc(F)cc2C(F)(F)F)CC1. The van der Waals surface area contributed by atoms with E-state index in [0.717, 1.165) is 12.1 Å². The van der Waals surface area contributed by atoms with E-state index in [1.165, 1.54) is 0 Å². The number of hydrogen-bond acceptors (Lipinski definition) is 2. The van der Waals surface area contributed by atoms with E-state index in [2.05, 4.69) is 5.32 Å². The van der Waals surface area contributed by atoms with E-state index < -0.39 is 28.4 Å². The normalized spacial score (nSPS) is 23.8. The molecule has 112 valence electrons. The van der Waals surface area contributed by atoms with Crippen LogP contribution in [-0.2, 0) is 23.5 Å². The van der Waals surface area contributed by atoms with Gasteiger partial charge in [0.05, 0.1) is 5.56 Å². The third kappa shape index (κ3) is 4.02. The highest BCUT2D eigenvalue weighted by Crippen LogP contribution is 2.32. The van der Waals surface area contributed by atoms with E-state index in [9.17, 15) is 21.8 Å². The van der Waals surface area contributed by atoms with Crippen molar-refractivity contribution in [2.45, 2.75) is 31.6 Å². The van der Waals surface area contributed by atoms with Crippen LogP contribution >= 0.6 is 0 Å². The molecule has 1 aliphatic heterocycles. The van der Waals surface area contributed by atoms with Gasteiger partial charge in [-0.2, -0.15) is 13.2 Å². The standard InChI is InChI=1S/C13H15F4NOS/c14-10-2-1-9(12(7-10)13(15,16)17)8-18-11-3-5-20(19)6-4-11/h1-2,7,11,18H,3-6,8H2. The van der Waals surface area contributed by atoms with E-state index in [1.54, 1.807) is 0 Å². The quantitative estimate of drug-likeness (QED) is 0.870. The molecule has 7 heteroatoms. The number of hydrogen-bond donors (Lipinski definition) is 1. The van der Waals surface area contributed by atoms with Gasteiger partial charge in [-0.3, -0.25) is 4.21 Å². The lowest BCUT2D eigenvalue weighted by atomic mass is 10.1. The fourth-order valence-corrected chi connectivity index (χ4v) is 3.52. The van der Waals surface area contributed by atoms with Crippen molar-refractivity contribution in [2.75, 3.05) is 11.5 Å². The topological polar surface area (TPSA) is 29.1 Å². The van der Waals surface area contributed by atoms with Crippen LogP contribution < -0.4 is 5.32 Å². The molecule has 20 heavy (non-hydrogen) atoms. The van der Waals surface area contributed by atoms with Crippen LogP contribution in [0.1, 0.15) is 24.0 Å². The summed E-state index contributed by atoms with van der Waals surface area (Å²) in [6.45, 7) is 0.0342. The average molecular weight is 309 g/mol. The Morgan fingerprint density at radius 2 is 1.90 bits per heavy atom. The minimum atomic E-state index is -4.56. The summed E-state index contributed by atoms with van der Waals surface area (Å²) in [5, 5.41) is 3.03. The maximum atomic E-state index is 13.0. The summed E-state index contributed by atoms with van der Waals surface area (Å²) in [7, 11) is -0.800. The van der Waals surface area contributed by atoms with E-state index in [-0.39, 0.29) is 18.2 Å². The summed E-state index contributed by atoms with van der Waals surface area (Å²) in [5.74, 6) is 0.259. The molecule has 0 aliphatic carbocycles. The van der Waals surface area contributed by atoms with Crippen molar-refractivity contribution in [1.29, 1.82) is 0 Å². The molecular weight excluding hydrogens is 294 g/mol. The summed E-state index contributed by atoms with van der Waals surface area (Å²) in [5.41, 5.74) is -0.907. The zero-order valence-corrected chi connectivity index (χ0v) is 11.5. The number of halogens is 4. The van der Waals surface area contributed by atoms with Gasteiger partial charge in [-0.15, -0.1) is 0 Å². The van der Waals surface area contributed by atoms with Gasteiger partial charge in [-0.1, -0.05) is 6.07 Å². The molecule has 1 aromatic rings. The molecule has 0 bridgehead atoms. The van der Waals surface area contributed by atoms with Crippen molar-refractivity contribution >= 4 is 10.8 Å². The first kappa shape index (κ1) is 15.4. The fraction of sp³-hybridized carbons (Fsp3) is 0.538. The Labute approximate surface area is 117 Å². The molecule has 1 saturated heterocycles. The van der Waals surface area contributed by atoms with Gasteiger partial charge >= 0.3 is 6.18 Å². The molecule has 1 fully saturated rings. The average Bonchev–Trinajstić information content (AvgIpc) is 2.38. The Morgan fingerprint density at radius 1 is 1.25 bits per heavy atom. The number of benzene rings is 1. The van der Waals surface area contributed by atoms with E-state index in [1.807, 2.05) is 0 Å². The smallest absolute Gasteiger partial charge is 0.310 e. The molecule has 0 atom stereocenters. The van der Waals surface area contributed by atoms with Crippen molar-refractivity contribution < 1.29 is 21.8 Å². The Balaban J connectivity index is 2.04. The molecule has 0 aromatic heterocycles. The van der Waals surface area contributed by atoms with Gasteiger partial charge in [0.15, 0.2) is 0 Å². The predicted octanol–water partition coefficient (Wildman–Crippen LogP) is 2.85. The van der Waals surface area contributed by atoms with Crippen molar-refractivity contribution in [1.82, 2.24) is 5.32 Å². The van der Waals surface area contributed by atoms with Crippen molar-refractivity contribution in [3.8, 4) is 0 Å². The van der Waals surface area contributed by atoms with Gasteiger partial charge in [0.2, 0.25) is 0 Å². The number of rotatable bonds is 3. The molecule has 0 saturated carbocycles. The van der Waals surface area contributed by atoms with Gasteiger partial charge in [-0.05, 0) is 30.5 Å². The highest BCUT2D eigenvalue weighted by atomic mass is 32.2. The molecule has 0 radical (unpaired) electrons. The maximum absolute atomic E-state index is 13.0. The van der Waals surface area contributed by atoms with Gasteiger partial charge in [-0.25, -0.2) is 4.39 Å². The minimum absolute atomic E-state index is 0.0330. The lowest BCUT2D eigenvalue weighted by molar-refractivity contribution is -0.138. The van der Waals surface area contributed by atoms with Crippen LogP contribution in [0.5, 0.6) is 0 Å².